The summed E-state index contributed by atoms with van der Waals surface area (Å²) in [5.74, 6) is -0.395. The fourth-order valence-electron chi connectivity index (χ4n) is 2.56. The van der Waals surface area contributed by atoms with Gasteiger partial charge in [0.15, 0.2) is 5.11 Å². The van der Waals surface area contributed by atoms with Crippen LogP contribution in [0.4, 0.5) is 10.7 Å². The van der Waals surface area contributed by atoms with Gasteiger partial charge < -0.3 is 15.4 Å². The average molecular weight is 401 g/mol. The van der Waals surface area contributed by atoms with Gasteiger partial charge in [-0.05, 0) is 30.8 Å². The maximum Gasteiger partial charge on any atom is 0.340 e. The number of esters is 1. The number of anilines is 2. The van der Waals surface area contributed by atoms with Gasteiger partial charge in [-0.15, -0.1) is 11.3 Å². The zero-order valence-corrected chi connectivity index (χ0v) is 16.9. The zero-order valence-electron chi connectivity index (χ0n) is 15.3. The van der Waals surface area contributed by atoms with Crippen molar-refractivity contribution in [1.82, 2.24) is 9.78 Å². The van der Waals surface area contributed by atoms with Crippen LogP contribution in [0.25, 0.3) is 0 Å². The van der Waals surface area contributed by atoms with Crippen molar-refractivity contribution < 1.29 is 9.53 Å². The number of thiocarbonyl (C=S) groups is 1. The number of nitrogens with one attached hydrogen (secondary N) is 2. The van der Waals surface area contributed by atoms with E-state index in [0.29, 0.717) is 15.7 Å². The van der Waals surface area contributed by atoms with Gasteiger partial charge in [0, 0.05) is 18.3 Å². The van der Waals surface area contributed by atoms with Crippen LogP contribution in [0.1, 0.15) is 26.5 Å². The van der Waals surface area contributed by atoms with Crippen LogP contribution in [0.15, 0.2) is 42.6 Å². The Balaban J connectivity index is 1.79. The summed E-state index contributed by atoms with van der Waals surface area (Å²) in [5, 5.41) is 11.5. The maximum absolute atomic E-state index is 12.2. The number of carbonyl (C=O) groups is 1. The van der Waals surface area contributed by atoms with Crippen LogP contribution in [-0.4, -0.2) is 28.0 Å². The van der Waals surface area contributed by atoms with E-state index >= 15 is 0 Å². The molecule has 8 heteroatoms. The van der Waals surface area contributed by atoms with Crippen molar-refractivity contribution in [3.8, 4) is 0 Å². The summed E-state index contributed by atoms with van der Waals surface area (Å²) in [6, 6.07) is 11.9. The number of thiophene rings is 1. The van der Waals surface area contributed by atoms with Crippen molar-refractivity contribution in [2.75, 3.05) is 17.7 Å². The monoisotopic (exact) mass is 400 g/mol. The number of carbonyl (C=O) groups excluding carboxylic acids is 1. The molecular formula is C19H20N4O2S2. The summed E-state index contributed by atoms with van der Waals surface area (Å²) in [5.41, 5.74) is 3.42. The van der Waals surface area contributed by atoms with Crippen molar-refractivity contribution >= 4 is 45.3 Å². The molecule has 0 bridgehead atoms. The normalized spacial score (nSPS) is 10.5. The fourth-order valence-corrected chi connectivity index (χ4v) is 3.92. The van der Waals surface area contributed by atoms with Crippen LogP contribution in [0.5, 0.6) is 0 Å². The van der Waals surface area contributed by atoms with Gasteiger partial charge in [-0.3, -0.25) is 4.68 Å². The number of aromatic nitrogens is 2. The number of aryl methyl sites for hydroxylation is 1. The van der Waals surface area contributed by atoms with E-state index in [4.69, 9.17) is 17.0 Å². The number of hydrogen-bond acceptors (Lipinski definition) is 5. The molecule has 0 fully saturated rings. The van der Waals surface area contributed by atoms with Crippen LogP contribution >= 0.6 is 23.6 Å². The second-order valence-corrected chi connectivity index (χ2v) is 7.50. The van der Waals surface area contributed by atoms with Crippen LogP contribution in [0.3, 0.4) is 0 Å². The molecule has 0 aliphatic heterocycles. The predicted molar refractivity (Wildman–Crippen MR) is 113 cm³/mol. The van der Waals surface area contributed by atoms with Gasteiger partial charge in [0.25, 0.3) is 0 Å². The molecule has 0 saturated heterocycles. The van der Waals surface area contributed by atoms with Gasteiger partial charge in [0.1, 0.15) is 5.00 Å². The molecule has 2 N–H and O–H groups in total. The number of nitrogens with zero attached hydrogens (tertiary/aromatic N) is 2. The average Bonchev–Trinajstić information content (AvgIpc) is 3.19. The molecule has 0 unspecified atom stereocenters. The molecule has 3 rings (SSSR count). The van der Waals surface area contributed by atoms with Crippen LogP contribution in [0.2, 0.25) is 0 Å². The largest absolute Gasteiger partial charge is 0.465 e. The number of ether oxygens (including phenoxy) is 1. The number of benzene rings is 1. The Morgan fingerprint density at radius 2 is 2.04 bits per heavy atom. The number of rotatable bonds is 5. The van der Waals surface area contributed by atoms with Gasteiger partial charge in [-0.25, -0.2) is 4.79 Å². The lowest BCUT2D eigenvalue weighted by molar-refractivity contribution is 0.0602. The molecular weight excluding hydrogens is 380 g/mol. The lowest BCUT2D eigenvalue weighted by Gasteiger charge is -2.10. The molecule has 0 spiro atoms. The molecule has 0 atom stereocenters. The zero-order chi connectivity index (χ0) is 19.4. The van der Waals surface area contributed by atoms with Gasteiger partial charge in [-0.2, -0.15) is 5.10 Å². The molecule has 0 aliphatic rings. The van der Waals surface area contributed by atoms with E-state index in [9.17, 15) is 4.79 Å². The minimum absolute atomic E-state index is 0.393. The summed E-state index contributed by atoms with van der Waals surface area (Å²) in [6.07, 6.45) is 2.44. The lowest BCUT2D eigenvalue weighted by atomic mass is 10.1. The highest BCUT2D eigenvalue weighted by molar-refractivity contribution is 7.80. The van der Waals surface area contributed by atoms with Gasteiger partial charge in [-0.1, -0.05) is 30.3 Å². The third-order valence-electron chi connectivity index (χ3n) is 4.12. The molecule has 0 amide bonds. The molecule has 6 nitrogen and oxygen atoms in total. The Kier molecular flexibility index (Phi) is 5.88. The number of methoxy groups -OCH3 is 1. The van der Waals surface area contributed by atoms with Crippen molar-refractivity contribution in [2.24, 2.45) is 7.05 Å². The highest BCUT2D eigenvalue weighted by atomic mass is 32.1. The topological polar surface area (TPSA) is 68.2 Å². The van der Waals surface area contributed by atoms with Crippen molar-refractivity contribution in [1.29, 1.82) is 0 Å². The highest BCUT2D eigenvalue weighted by Gasteiger charge is 2.18. The van der Waals surface area contributed by atoms with Crippen molar-refractivity contribution in [3.05, 3.63) is 64.3 Å². The van der Waals surface area contributed by atoms with E-state index in [-0.39, 0.29) is 0 Å². The molecule has 1 aromatic carbocycles. The standard InChI is InChI=1S/C19H20N4O2S2/c1-12-16(11-20-23(12)2)21-19(26)22-17-15(18(24)25-3)10-14(27-17)9-13-7-5-4-6-8-13/h4-8,10-11H,9H2,1-3H3,(H2,21,22,26). The van der Waals surface area contributed by atoms with Crippen LogP contribution in [-0.2, 0) is 18.2 Å². The van der Waals surface area contributed by atoms with Crippen LogP contribution in [0, 0.1) is 6.92 Å². The predicted octanol–water partition coefficient (Wildman–Crippen LogP) is 3.98. The molecule has 0 saturated carbocycles. The Morgan fingerprint density at radius 1 is 1.30 bits per heavy atom. The summed E-state index contributed by atoms with van der Waals surface area (Å²) >= 11 is 6.89. The Morgan fingerprint density at radius 3 is 2.67 bits per heavy atom. The van der Waals surface area contributed by atoms with Gasteiger partial charge in [0.2, 0.25) is 0 Å². The first-order valence-corrected chi connectivity index (χ1v) is 9.52. The first-order valence-electron chi connectivity index (χ1n) is 8.29. The van der Waals surface area contributed by atoms with Crippen LogP contribution < -0.4 is 10.6 Å². The first kappa shape index (κ1) is 19.1. The quantitative estimate of drug-likeness (QED) is 0.499. The lowest BCUT2D eigenvalue weighted by Crippen LogP contribution is -2.20. The van der Waals surface area contributed by atoms with E-state index in [2.05, 4.69) is 27.9 Å². The van der Waals surface area contributed by atoms with E-state index in [1.165, 1.54) is 24.0 Å². The summed E-state index contributed by atoms with van der Waals surface area (Å²) in [7, 11) is 3.23. The molecule has 27 heavy (non-hydrogen) atoms. The van der Waals surface area contributed by atoms with Gasteiger partial charge >= 0.3 is 5.97 Å². The first-order chi connectivity index (χ1) is 13.0. The summed E-state index contributed by atoms with van der Waals surface area (Å²) < 4.78 is 6.67. The molecule has 0 radical (unpaired) electrons. The minimum atomic E-state index is -0.395. The van der Waals surface area contributed by atoms with E-state index in [1.807, 2.05) is 38.2 Å². The van der Waals surface area contributed by atoms with Gasteiger partial charge in [0.05, 0.1) is 30.3 Å². The molecule has 2 aromatic heterocycles. The molecule has 140 valence electrons. The smallest absolute Gasteiger partial charge is 0.340 e. The van der Waals surface area contributed by atoms with Crippen molar-refractivity contribution in [3.63, 3.8) is 0 Å². The molecule has 0 aliphatic carbocycles. The molecule has 2 heterocycles. The Hall–Kier alpha value is -2.71. The Bertz CT molecular complexity index is 964. The Labute approximate surface area is 167 Å². The SMILES string of the molecule is COC(=O)c1cc(Cc2ccccc2)sc1NC(=S)Nc1cnn(C)c1C. The van der Waals surface area contributed by atoms with E-state index < -0.39 is 5.97 Å². The van der Waals surface area contributed by atoms with E-state index in [1.54, 1.807) is 10.9 Å². The minimum Gasteiger partial charge on any atom is -0.465 e. The van der Waals surface area contributed by atoms with Crippen molar-refractivity contribution in [2.45, 2.75) is 13.3 Å². The third-order valence-corrected chi connectivity index (χ3v) is 5.37. The second-order valence-electron chi connectivity index (χ2n) is 5.96. The summed E-state index contributed by atoms with van der Waals surface area (Å²) in [4.78, 5) is 13.2. The fraction of sp³-hybridized carbons (Fsp3) is 0.211. The van der Waals surface area contributed by atoms with E-state index in [0.717, 1.165) is 22.7 Å². The molecule has 3 aromatic rings. The third kappa shape index (κ3) is 4.53. The number of hydrogen-bond donors (Lipinski definition) is 2. The highest BCUT2D eigenvalue weighted by Crippen LogP contribution is 2.31. The maximum atomic E-state index is 12.2. The second kappa shape index (κ2) is 8.32. The summed E-state index contributed by atoms with van der Waals surface area (Å²) in [6.45, 7) is 1.95.